The molecule has 3 rings (SSSR count). The zero-order chi connectivity index (χ0) is 16.2. The molecule has 2 aromatic carbocycles. The van der Waals surface area contributed by atoms with Gasteiger partial charge in [-0.05, 0) is 23.8 Å². The van der Waals surface area contributed by atoms with Crippen molar-refractivity contribution in [3.05, 3.63) is 76.1 Å². The van der Waals surface area contributed by atoms with Crippen LogP contribution in [-0.2, 0) is 6.61 Å². The summed E-state index contributed by atoms with van der Waals surface area (Å²) in [7, 11) is 0. The molecule has 24 heavy (non-hydrogen) atoms. The number of carbonyl (C=O) groups is 1. The number of aromatic amines is 1. The van der Waals surface area contributed by atoms with Gasteiger partial charge in [0.05, 0.1) is 12.1 Å². The molecule has 0 spiro atoms. The van der Waals surface area contributed by atoms with Crippen molar-refractivity contribution >= 4 is 29.1 Å². The molecule has 0 amide bonds. The van der Waals surface area contributed by atoms with Crippen molar-refractivity contribution in [1.82, 2.24) is 4.98 Å². The lowest BCUT2D eigenvalue weighted by Gasteiger charge is -2.11. The smallest absolute Gasteiger partial charge is 0.248 e. The van der Waals surface area contributed by atoms with Crippen LogP contribution in [0.4, 0.5) is 0 Å². The molecule has 3 aromatic rings. The van der Waals surface area contributed by atoms with E-state index in [-0.39, 0.29) is 30.3 Å². The van der Waals surface area contributed by atoms with Crippen LogP contribution in [0.5, 0.6) is 5.75 Å². The van der Waals surface area contributed by atoms with E-state index in [9.17, 15) is 9.59 Å². The fourth-order valence-electron chi connectivity index (χ4n) is 2.43. The Morgan fingerprint density at radius 2 is 1.79 bits per heavy atom. The zero-order valence-corrected chi connectivity index (χ0v) is 13.6. The third kappa shape index (κ3) is 3.64. The summed E-state index contributed by atoms with van der Waals surface area (Å²) in [5, 5.41) is 0.630. The molecule has 0 radical (unpaired) electrons. The molecule has 0 atom stereocenters. The third-order valence-corrected chi connectivity index (χ3v) is 3.58. The van der Waals surface area contributed by atoms with Crippen molar-refractivity contribution in [2.24, 2.45) is 5.73 Å². The van der Waals surface area contributed by atoms with Crippen LogP contribution in [0, 0.1) is 0 Å². The molecule has 124 valence electrons. The number of hydrogen-bond acceptors (Lipinski definition) is 4. The molecule has 0 bridgehead atoms. The first-order valence-electron chi connectivity index (χ1n) is 7.25. The van der Waals surface area contributed by atoms with Gasteiger partial charge in [0, 0.05) is 17.0 Å². The molecular weight excluding hydrogens is 328 g/mol. The maximum Gasteiger partial charge on any atom is 0.248 e. The first kappa shape index (κ1) is 17.7. The van der Waals surface area contributed by atoms with Gasteiger partial charge >= 0.3 is 0 Å². The number of Topliss-reactive ketones (excluding diaryl/α,β-unsaturated/α-hetero) is 1. The fourth-order valence-corrected chi connectivity index (χ4v) is 2.43. The standard InChI is InChI=1S/C18H16N2O3.ClH/c19-10-15(21)13-6-8-16(18-14(13)7-9-17(22)20-18)23-11-12-4-2-1-3-5-12;/h1-9H,10-11,19H2,(H,20,22);1H. The highest BCUT2D eigenvalue weighted by atomic mass is 35.5. The predicted octanol–water partition coefficient (Wildman–Crippen LogP) is 2.67. The molecule has 0 saturated heterocycles. The molecule has 0 aliphatic carbocycles. The van der Waals surface area contributed by atoms with Crippen LogP contribution in [0.2, 0.25) is 0 Å². The predicted molar refractivity (Wildman–Crippen MR) is 96.0 cm³/mol. The van der Waals surface area contributed by atoms with Gasteiger partial charge in [0.2, 0.25) is 5.56 Å². The van der Waals surface area contributed by atoms with Gasteiger partial charge < -0.3 is 15.5 Å². The average Bonchev–Trinajstić information content (AvgIpc) is 2.59. The van der Waals surface area contributed by atoms with E-state index in [1.165, 1.54) is 6.07 Å². The Kier molecular flexibility index (Phi) is 5.73. The van der Waals surface area contributed by atoms with E-state index in [4.69, 9.17) is 10.5 Å². The molecule has 5 nitrogen and oxygen atoms in total. The minimum atomic E-state index is -0.251. The highest BCUT2D eigenvalue weighted by Crippen LogP contribution is 2.27. The summed E-state index contributed by atoms with van der Waals surface area (Å²) in [6.45, 7) is 0.287. The summed E-state index contributed by atoms with van der Waals surface area (Å²) in [5.74, 6) is 0.340. The van der Waals surface area contributed by atoms with Crippen LogP contribution in [0.3, 0.4) is 0 Å². The first-order valence-corrected chi connectivity index (χ1v) is 7.25. The van der Waals surface area contributed by atoms with Crippen molar-refractivity contribution in [3.8, 4) is 5.75 Å². The molecule has 0 aliphatic heterocycles. The number of H-pyrrole nitrogens is 1. The van der Waals surface area contributed by atoms with Crippen molar-refractivity contribution < 1.29 is 9.53 Å². The van der Waals surface area contributed by atoms with Crippen LogP contribution in [0.1, 0.15) is 15.9 Å². The topological polar surface area (TPSA) is 85.2 Å². The van der Waals surface area contributed by atoms with E-state index in [1.807, 2.05) is 30.3 Å². The van der Waals surface area contributed by atoms with Crippen molar-refractivity contribution in [2.45, 2.75) is 6.61 Å². The van der Waals surface area contributed by atoms with E-state index >= 15 is 0 Å². The van der Waals surface area contributed by atoms with Gasteiger partial charge in [-0.25, -0.2) is 0 Å². The quantitative estimate of drug-likeness (QED) is 0.697. The number of ketones is 1. The maximum atomic E-state index is 11.9. The number of fused-ring (bicyclic) bond motifs is 1. The van der Waals surface area contributed by atoms with Gasteiger partial charge in [0.15, 0.2) is 5.78 Å². The Labute approximate surface area is 144 Å². The van der Waals surface area contributed by atoms with Gasteiger partial charge in [0.1, 0.15) is 12.4 Å². The molecule has 0 saturated carbocycles. The van der Waals surface area contributed by atoms with E-state index in [0.717, 1.165) is 5.56 Å². The van der Waals surface area contributed by atoms with Gasteiger partial charge in [-0.2, -0.15) is 0 Å². The lowest BCUT2D eigenvalue weighted by Crippen LogP contribution is -2.15. The van der Waals surface area contributed by atoms with Gasteiger partial charge in [-0.15, -0.1) is 12.4 Å². The van der Waals surface area contributed by atoms with Crippen LogP contribution in [-0.4, -0.2) is 17.3 Å². The second kappa shape index (κ2) is 7.77. The van der Waals surface area contributed by atoms with E-state index in [2.05, 4.69) is 4.98 Å². The summed E-state index contributed by atoms with van der Waals surface area (Å²) in [6.07, 6.45) is 0. The number of pyridine rings is 1. The number of nitrogens with two attached hydrogens (primary N) is 1. The molecule has 1 aromatic heterocycles. The lowest BCUT2D eigenvalue weighted by atomic mass is 10.0. The highest BCUT2D eigenvalue weighted by molar-refractivity contribution is 6.09. The van der Waals surface area contributed by atoms with E-state index in [1.54, 1.807) is 18.2 Å². The summed E-state index contributed by atoms with van der Waals surface area (Å²) in [6, 6.07) is 16.1. The largest absolute Gasteiger partial charge is 0.487 e. The Balaban J connectivity index is 0.00000208. The van der Waals surface area contributed by atoms with Gasteiger partial charge in [-0.3, -0.25) is 9.59 Å². The Morgan fingerprint density at radius 3 is 2.50 bits per heavy atom. The number of carbonyl (C=O) groups excluding carboxylic acids is 1. The fraction of sp³-hybridized carbons (Fsp3) is 0.111. The Bertz CT molecular complexity index is 907. The molecule has 0 unspecified atom stereocenters. The Hall–Kier alpha value is -2.63. The Morgan fingerprint density at radius 1 is 1.04 bits per heavy atom. The summed E-state index contributed by atoms with van der Waals surface area (Å²) in [5.41, 5.74) is 7.19. The van der Waals surface area contributed by atoms with Crippen molar-refractivity contribution in [1.29, 1.82) is 0 Å². The second-order valence-corrected chi connectivity index (χ2v) is 5.12. The van der Waals surface area contributed by atoms with Gasteiger partial charge in [-0.1, -0.05) is 30.3 Å². The van der Waals surface area contributed by atoms with Crippen LogP contribution in [0.15, 0.2) is 59.4 Å². The first-order chi connectivity index (χ1) is 11.2. The average molecular weight is 345 g/mol. The lowest BCUT2D eigenvalue weighted by molar-refractivity contribution is 0.100. The monoisotopic (exact) mass is 344 g/mol. The number of nitrogens with one attached hydrogen (secondary N) is 1. The zero-order valence-electron chi connectivity index (χ0n) is 12.8. The van der Waals surface area contributed by atoms with Crippen molar-refractivity contribution in [3.63, 3.8) is 0 Å². The maximum absolute atomic E-state index is 11.9. The molecule has 0 aliphatic rings. The second-order valence-electron chi connectivity index (χ2n) is 5.12. The molecular formula is C18H17ClN2O3. The van der Waals surface area contributed by atoms with Gasteiger partial charge in [0.25, 0.3) is 0 Å². The van der Waals surface area contributed by atoms with Crippen LogP contribution in [0.25, 0.3) is 10.9 Å². The minimum Gasteiger partial charge on any atom is -0.487 e. The normalized spacial score (nSPS) is 10.2. The number of aromatic nitrogens is 1. The van der Waals surface area contributed by atoms with E-state index < -0.39 is 0 Å². The van der Waals surface area contributed by atoms with Crippen molar-refractivity contribution in [2.75, 3.05) is 6.54 Å². The number of rotatable bonds is 5. The number of halogens is 1. The number of hydrogen-bond donors (Lipinski definition) is 2. The summed E-state index contributed by atoms with van der Waals surface area (Å²) >= 11 is 0. The van der Waals surface area contributed by atoms with Crippen LogP contribution >= 0.6 is 12.4 Å². The highest BCUT2D eigenvalue weighted by Gasteiger charge is 2.13. The van der Waals surface area contributed by atoms with E-state index in [0.29, 0.717) is 28.8 Å². The minimum absolute atomic E-state index is 0. The molecule has 0 fully saturated rings. The summed E-state index contributed by atoms with van der Waals surface area (Å²) in [4.78, 5) is 26.3. The van der Waals surface area contributed by atoms with Crippen LogP contribution < -0.4 is 16.0 Å². The number of ether oxygens (including phenoxy) is 1. The number of benzene rings is 2. The SMILES string of the molecule is Cl.NCC(=O)c1ccc(OCc2ccccc2)c2[nH]c(=O)ccc12. The summed E-state index contributed by atoms with van der Waals surface area (Å²) < 4.78 is 5.82. The third-order valence-electron chi connectivity index (χ3n) is 3.58. The molecule has 3 N–H and O–H groups in total. The molecule has 6 heteroatoms. The molecule has 1 heterocycles.